The number of nitrogens with zero attached hydrogens (tertiary/aromatic N) is 3. The normalized spacial score (nSPS) is 11.0. The van der Waals surface area contributed by atoms with Crippen LogP contribution in [0, 0.1) is 13.8 Å². The van der Waals surface area contributed by atoms with Gasteiger partial charge in [0.25, 0.3) is 5.91 Å². The molecule has 0 atom stereocenters. The van der Waals surface area contributed by atoms with Gasteiger partial charge in [0.1, 0.15) is 0 Å². The minimum absolute atomic E-state index is 0.0884. The van der Waals surface area contributed by atoms with Crippen LogP contribution in [0.5, 0.6) is 0 Å². The van der Waals surface area contributed by atoms with E-state index in [0.717, 1.165) is 35.0 Å². The standard InChI is InChI=1S/C25H26N4O/c1-17-11-12-20(18(2)14-17)23-15-21(22-16-27-29(3)24(22)28-23)25(30)26-13-7-10-19-8-5-4-6-9-19/h4-6,8-9,11-12,14-16H,7,10,13H2,1-3H3,(H,26,30). The maximum absolute atomic E-state index is 13.0. The Morgan fingerprint density at radius 1 is 1.07 bits per heavy atom. The zero-order chi connectivity index (χ0) is 21.1. The Morgan fingerprint density at radius 2 is 1.87 bits per heavy atom. The Balaban J connectivity index is 1.58. The lowest BCUT2D eigenvalue weighted by Crippen LogP contribution is -2.25. The number of carbonyl (C=O) groups excluding carboxylic acids is 1. The molecule has 1 amide bonds. The second-order valence-electron chi connectivity index (χ2n) is 7.72. The predicted octanol–water partition coefficient (Wildman–Crippen LogP) is 4.61. The van der Waals surface area contributed by atoms with Gasteiger partial charge in [-0.25, -0.2) is 4.98 Å². The Hall–Kier alpha value is -3.47. The maximum atomic E-state index is 13.0. The molecule has 1 N–H and O–H groups in total. The molecule has 0 aliphatic heterocycles. The van der Waals surface area contributed by atoms with Crippen LogP contribution in [-0.2, 0) is 13.5 Å². The smallest absolute Gasteiger partial charge is 0.252 e. The Morgan fingerprint density at radius 3 is 2.63 bits per heavy atom. The third-order valence-electron chi connectivity index (χ3n) is 5.38. The van der Waals surface area contributed by atoms with Crippen molar-refractivity contribution in [2.24, 2.45) is 7.05 Å². The zero-order valence-corrected chi connectivity index (χ0v) is 17.6. The van der Waals surface area contributed by atoms with E-state index in [-0.39, 0.29) is 5.91 Å². The summed E-state index contributed by atoms with van der Waals surface area (Å²) >= 11 is 0. The predicted molar refractivity (Wildman–Crippen MR) is 121 cm³/mol. The van der Waals surface area contributed by atoms with Gasteiger partial charge in [0.15, 0.2) is 5.65 Å². The van der Waals surface area contributed by atoms with E-state index in [9.17, 15) is 4.79 Å². The summed E-state index contributed by atoms with van der Waals surface area (Å²) < 4.78 is 1.72. The van der Waals surface area contributed by atoms with Gasteiger partial charge in [0.05, 0.1) is 22.8 Å². The zero-order valence-electron chi connectivity index (χ0n) is 17.6. The molecular formula is C25H26N4O. The number of benzene rings is 2. The fraction of sp³-hybridized carbons (Fsp3) is 0.240. The number of fused-ring (bicyclic) bond motifs is 1. The van der Waals surface area contributed by atoms with Crippen LogP contribution in [-0.4, -0.2) is 27.2 Å². The van der Waals surface area contributed by atoms with Crippen LogP contribution in [0.15, 0.2) is 60.8 Å². The van der Waals surface area contributed by atoms with Crippen LogP contribution >= 0.6 is 0 Å². The van der Waals surface area contributed by atoms with Crippen molar-refractivity contribution in [2.45, 2.75) is 26.7 Å². The van der Waals surface area contributed by atoms with E-state index in [2.05, 4.69) is 54.6 Å². The molecule has 0 bridgehead atoms. The van der Waals surface area contributed by atoms with Crippen LogP contribution in [0.2, 0.25) is 0 Å². The number of nitrogens with one attached hydrogen (secondary N) is 1. The molecule has 5 heteroatoms. The molecule has 0 spiro atoms. The van der Waals surface area contributed by atoms with Gasteiger partial charge in [-0.2, -0.15) is 5.10 Å². The van der Waals surface area contributed by atoms with E-state index < -0.39 is 0 Å². The molecule has 5 nitrogen and oxygen atoms in total. The fourth-order valence-electron chi connectivity index (χ4n) is 3.78. The fourth-order valence-corrected chi connectivity index (χ4v) is 3.78. The van der Waals surface area contributed by atoms with Crippen molar-refractivity contribution in [2.75, 3.05) is 6.54 Å². The minimum Gasteiger partial charge on any atom is -0.352 e. The van der Waals surface area contributed by atoms with E-state index in [0.29, 0.717) is 17.8 Å². The lowest BCUT2D eigenvalue weighted by molar-refractivity contribution is 0.0955. The molecule has 0 unspecified atom stereocenters. The average molecular weight is 399 g/mol. The van der Waals surface area contributed by atoms with Gasteiger partial charge in [-0.3, -0.25) is 9.48 Å². The number of amides is 1. The summed E-state index contributed by atoms with van der Waals surface area (Å²) in [6.45, 7) is 4.76. The maximum Gasteiger partial charge on any atom is 0.252 e. The SMILES string of the molecule is Cc1ccc(-c2cc(C(=O)NCCCc3ccccc3)c3cnn(C)c3n2)c(C)c1. The Bertz CT molecular complexity index is 1190. The van der Waals surface area contributed by atoms with E-state index >= 15 is 0 Å². The molecular weight excluding hydrogens is 372 g/mol. The first-order chi connectivity index (χ1) is 14.5. The van der Waals surface area contributed by atoms with E-state index in [1.54, 1.807) is 10.9 Å². The number of carbonyl (C=O) groups is 1. The van der Waals surface area contributed by atoms with E-state index in [4.69, 9.17) is 4.98 Å². The van der Waals surface area contributed by atoms with Crippen LogP contribution in [0.3, 0.4) is 0 Å². The molecule has 4 aromatic rings. The highest BCUT2D eigenvalue weighted by molar-refractivity contribution is 6.06. The van der Waals surface area contributed by atoms with E-state index in [1.807, 2.05) is 31.3 Å². The Kier molecular flexibility index (Phi) is 5.61. The van der Waals surface area contributed by atoms with Gasteiger partial charge < -0.3 is 5.32 Å². The van der Waals surface area contributed by atoms with Crippen molar-refractivity contribution in [3.8, 4) is 11.3 Å². The first-order valence-electron chi connectivity index (χ1n) is 10.3. The number of hydrogen-bond acceptors (Lipinski definition) is 3. The lowest BCUT2D eigenvalue weighted by atomic mass is 10.0. The highest BCUT2D eigenvalue weighted by Gasteiger charge is 2.17. The molecule has 0 aliphatic carbocycles. The summed E-state index contributed by atoms with van der Waals surface area (Å²) in [5.41, 5.74) is 6.76. The van der Waals surface area contributed by atoms with Crippen molar-refractivity contribution >= 4 is 16.9 Å². The first-order valence-corrected chi connectivity index (χ1v) is 10.3. The molecule has 0 fully saturated rings. The highest BCUT2D eigenvalue weighted by atomic mass is 16.1. The quantitative estimate of drug-likeness (QED) is 0.482. The van der Waals surface area contributed by atoms with E-state index in [1.165, 1.54) is 11.1 Å². The first kappa shape index (κ1) is 19.8. The van der Waals surface area contributed by atoms with Crippen LogP contribution < -0.4 is 5.32 Å². The molecule has 152 valence electrons. The van der Waals surface area contributed by atoms with Crippen LogP contribution in [0.25, 0.3) is 22.3 Å². The largest absolute Gasteiger partial charge is 0.352 e. The van der Waals surface area contributed by atoms with Crippen molar-refractivity contribution in [1.29, 1.82) is 0 Å². The van der Waals surface area contributed by atoms with Gasteiger partial charge in [-0.05, 0) is 43.9 Å². The summed E-state index contributed by atoms with van der Waals surface area (Å²) in [5, 5.41) is 8.16. The van der Waals surface area contributed by atoms with Gasteiger partial charge in [0.2, 0.25) is 0 Å². The van der Waals surface area contributed by atoms with Gasteiger partial charge >= 0.3 is 0 Å². The molecule has 2 heterocycles. The molecule has 2 aromatic carbocycles. The third kappa shape index (κ3) is 4.10. The van der Waals surface area contributed by atoms with Crippen molar-refractivity contribution in [1.82, 2.24) is 20.1 Å². The molecule has 2 aromatic heterocycles. The summed E-state index contributed by atoms with van der Waals surface area (Å²) in [6.07, 6.45) is 3.54. The van der Waals surface area contributed by atoms with Gasteiger partial charge in [0, 0.05) is 19.2 Å². The summed E-state index contributed by atoms with van der Waals surface area (Å²) in [6, 6.07) is 18.5. The number of rotatable bonds is 6. The molecule has 30 heavy (non-hydrogen) atoms. The Labute approximate surface area is 176 Å². The van der Waals surface area contributed by atoms with Gasteiger partial charge in [-0.15, -0.1) is 0 Å². The number of pyridine rings is 1. The van der Waals surface area contributed by atoms with Crippen molar-refractivity contribution < 1.29 is 4.79 Å². The molecule has 4 rings (SSSR count). The highest BCUT2D eigenvalue weighted by Crippen LogP contribution is 2.27. The van der Waals surface area contributed by atoms with Crippen molar-refractivity contribution in [3.05, 3.63) is 83.0 Å². The second kappa shape index (κ2) is 8.49. The van der Waals surface area contributed by atoms with Gasteiger partial charge in [-0.1, -0.05) is 54.1 Å². The number of hydrogen-bond donors (Lipinski definition) is 1. The molecule has 0 aliphatic rings. The average Bonchev–Trinajstić information content (AvgIpc) is 3.12. The number of aryl methyl sites for hydroxylation is 4. The van der Waals surface area contributed by atoms with Crippen LogP contribution in [0.4, 0.5) is 0 Å². The second-order valence-corrected chi connectivity index (χ2v) is 7.72. The molecule has 0 saturated heterocycles. The minimum atomic E-state index is -0.0884. The summed E-state index contributed by atoms with van der Waals surface area (Å²) in [5.74, 6) is -0.0884. The number of aromatic nitrogens is 3. The molecule has 0 radical (unpaired) electrons. The third-order valence-corrected chi connectivity index (χ3v) is 5.38. The summed E-state index contributed by atoms with van der Waals surface area (Å²) in [7, 11) is 1.85. The summed E-state index contributed by atoms with van der Waals surface area (Å²) in [4.78, 5) is 17.8. The van der Waals surface area contributed by atoms with Crippen LogP contribution in [0.1, 0.15) is 33.5 Å². The topological polar surface area (TPSA) is 59.8 Å². The monoisotopic (exact) mass is 398 g/mol. The molecule has 0 saturated carbocycles. The lowest BCUT2D eigenvalue weighted by Gasteiger charge is -2.11. The van der Waals surface area contributed by atoms with Crippen molar-refractivity contribution in [3.63, 3.8) is 0 Å².